The minimum Gasteiger partial charge on any atom is -0.134 e. The van der Waals surface area contributed by atoms with Crippen LogP contribution in [-0.4, -0.2) is 11.3 Å². The van der Waals surface area contributed by atoms with Gasteiger partial charge < -0.3 is 0 Å². The molecule has 0 saturated heterocycles. The van der Waals surface area contributed by atoms with Gasteiger partial charge in [0.2, 0.25) is 0 Å². The Kier molecular flexibility index (Phi) is 10.8. The van der Waals surface area contributed by atoms with E-state index in [1.54, 1.807) is 0 Å². The first kappa shape index (κ1) is 26.8. The Hall–Kier alpha value is -2.26. The molecule has 0 bridgehead atoms. The van der Waals surface area contributed by atoms with Crippen molar-refractivity contribution >= 4 is 18.5 Å². The van der Waals surface area contributed by atoms with Crippen LogP contribution in [0.25, 0.3) is 22.3 Å². The summed E-state index contributed by atoms with van der Waals surface area (Å²) in [4.78, 5) is 0. The molecule has 4 aromatic rings. The molecule has 2 aliphatic rings. The zero-order valence-corrected chi connectivity index (χ0v) is 23.6. The highest BCUT2D eigenvalue weighted by atomic mass is 31.0. The van der Waals surface area contributed by atoms with Gasteiger partial charge in [0.05, 0.1) is 0 Å². The molecule has 0 heterocycles. The lowest BCUT2D eigenvalue weighted by Gasteiger charge is -2.26. The Bertz CT molecular complexity index is 945. The van der Waals surface area contributed by atoms with Gasteiger partial charge in [0.15, 0.2) is 0 Å². The average molecular weight is 511 g/mol. The van der Waals surface area contributed by atoms with Crippen LogP contribution in [0, 0.1) is 11.8 Å². The van der Waals surface area contributed by atoms with Crippen molar-refractivity contribution in [3.8, 4) is 22.3 Å². The molecule has 6 unspecified atom stereocenters. The van der Waals surface area contributed by atoms with E-state index < -0.39 is 0 Å². The molecule has 6 atom stereocenters. The van der Waals surface area contributed by atoms with Crippen molar-refractivity contribution in [1.82, 2.24) is 0 Å². The minimum absolute atomic E-state index is 0.941. The monoisotopic (exact) mass is 510 g/mol. The van der Waals surface area contributed by atoms with E-state index in [1.807, 2.05) is 24.3 Å². The number of rotatable bonds is 3. The van der Waals surface area contributed by atoms with Crippen molar-refractivity contribution in [2.45, 2.75) is 49.8 Å². The summed E-state index contributed by atoms with van der Waals surface area (Å²) in [6, 6.07) is 41.6. The van der Waals surface area contributed by atoms with E-state index in [4.69, 9.17) is 0 Å². The molecular formula is C34H40P2. The van der Waals surface area contributed by atoms with Gasteiger partial charge in [0.25, 0.3) is 0 Å². The van der Waals surface area contributed by atoms with Gasteiger partial charge in [-0.05, 0) is 71.1 Å². The van der Waals surface area contributed by atoms with Gasteiger partial charge in [-0.15, -0.1) is 18.5 Å². The van der Waals surface area contributed by atoms with Crippen LogP contribution in [0.5, 0.6) is 0 Å². The second-order valence-corrected chi connectivity index (χ2v) is 11.7. The molecule has 0 radical (unpaired) electrons. The van der Waals surface area contributed by atoms with E-state index in [0.717, 1.165) is 23.2 Å². The minimum atomic E-state index is 0.941. The number of benzene rings is 4. The molecule has 0 N–H and O–H groups in total. The molecule has 2 fully saturated rings. The second kappa shape index (κ2) is 14.5. The van der Waals surface area contributed by atoms with Gasteiger partial charge in [0.1, 0.15) is 0 Å². The van der Waals surface area contributed by atoms with Gasteiger partial charge in [-0.2, -0.15) is 0 Å². The zero-order chi connectivity index (χ0) is 25.0. The Morgan fingerprint density at radius 1 is 0.361 bits per heavy atom. The summed E-state index contributed by atoms with van der Waals surface area (Å²) >= 11 is 0. The Balaban J connectivity index is 0.000000127. The summed E-state index contributed by atoms with van der Waals surface area (Å²) in [5, 5.41) is 0. The Morgan fingerprint density at radius 2 is 0.611 bits per heavy atom. The Morgan fingerprint density at radius 3 is 0.806 bits per heavy atom. The molecule has 0 nitrogen and oxygen atoms in total. The molecule has 0 aliphatic heterocycles. The largest absolute Gasteiger partial charge is 0.134 e. The van der Waals surface area contributed by atoms with Crippen LogP contribution in [-0.2, 0) is 0 Å². The second-order valence-electron chi connectivity index (χ2n) is 9.98. The third-order valence-electron chi connectivity index (χ3n) is 7.56. The highest BCUT2D eigenvalue weighted by molar-refractivity contribution is 7.18. The third-order valence-corrected chi connectivity index (χ3v) is 9.22. The van der Waals surface area contributed by atoms with Crippen LogP contribution >= 0.6 is 18.5 Å². The maximum absolute atomic E-state index is 3.07. The Labute approximate surface area is 223 Å². The zero-order valence-electron chi connectivity index (χ0n) is 21.3. The lowest BCUT2D eigenvalue weighted by atomic mass is 9.89. The van der Waals surface area contributed by atoms with Crippen molar-refractivity contribution in [2.75, 3.05) is 0 Å². The van der Waals surface area contributed by atoms with Crippen LogP contribution in [0.3, 0.4) is 0 Å². The maximum Gasteiger partial charge on any atom is -0.0184 e. The van der Waals surface area contributed by atoms with Crippen LogP contribution < -0.4 is 0 Å². The van der Waals surface area contributed by atoms with Crippen molar-refractivity contribution in [3.63, 3.8) is 0 Å². The predicted molar refractivity (Wildman–Crippen MR) is 165 cm³/mol. The van der Waals surface area contributed by atoms with Crippen molar-refractivity contribution in [2.24, 2.45) is 11.8 Å². The SMILES string of the molecule is PC1CCCC1C1CCCC1P.c1ccc(-c2ccccc2)cc1.c1ccc(-c2ccccc2)cc1. The van der Waals surface area contributed by atoms with E-state index in [1.165, 1.54) is 60.8 Å². The van der Waals surface area contributed by atoms with Crippen LogP contribution in [0.4, 0.5) is 0 Å². The fraction of sp³-hybridized carbons (Fsp3) is 0.294. The molecule has 0 aromatic heterocycles. The van der Waals surface area contributed by atoms with Crippen LogP contribution in [0.2, 0.25) is 0 Å². The van der Waals surface area contributed by atoms with E-state index in [9.17, 15) is 0 Å². The molecular weight excluding hydrogens is 470 g/mol. The molecule has 36 heavy (non-hydrogen) atoms. The van der Waals surface area contributed by atoms with Crippen molar-refractivity contribution in [3.05, 3.63) is 121 Å². The molecule has 2 heteroatoms. The topological polar surface area (TPSA) is 0 Å². The van der Waals surface area contributed by atoms with Gasteiger partial charge >= 0.3 is 0 Å². The van der Waals surface area contributed by atoms with E-state index in [-0.39, 0.29) is 0 Å². The maximum atomic E-state index is 3.07. The fourth-order valence-corrected chi connectivity index (χ4v) is 7.05. The molecule has 0 amide bonds. The average Bonchev–Trinajstić information content (AvgIpc) is 3.58. The standard InChI is InChI=1S/2C12H10.C10H20P2/c2*1-3-7-11(8-4-1)12-9-5-2-6-10-12;11-9-5-1-3-7(9)8-4-2-6-10(8)12/h2*1-10H;7-10H,1-6,11-12H2. The highest BCUT2D eigenvalue weighted by Crippen LogP contribution is 2.46. The van der Waals surface area contributed by atoms with Crippen molar-refractivity contribution in [1.29, 1.82) is 0 Å². The fourth-order valence-electron chi connectivity index (χ4n) is 5.62. The predicted octanol–water partition coefficient (Wildman–Crippen LogP) is 9.78. The normalized spacial score (nSPS) is 22.6. The first-order valence-electron chi connectivity index (χ1n) is 13.4. The lowest BCUT2D eigenvalue weighted by molar-refractivity contribution is 0.360. The summed E-state index contributed by atoms with van der Waals surface area (Å²) in [6.07, 6.45) is 8.89. The lowest BCUT2D eigenvalue weighted by Crippen LogP contribution is -2.22. The van der Waals surface area contributed by atoms with Gasteiger partial charge in [0, 0.05) is 0 Å². The summed E-state index contributed by atoms with van der Waals surface area (Å²) in [6.45, 7) is 0. The van der Waals surface area contributed by atoms with E-state index >= 15 is 0 Å². The summed E-state index contributed by atoms with van der Waals surface area (Å²) in [5.74, 6) is 2.08. The van der Waals surface area contributed by atoms with Gasteiger partial charge in [-0.1, -0.05) is 134 Å². The summed E-state index contributed by atoms with van der Waals surface area (Å²) < 4.78 is 0. The number of hydrogen-bond acceptors (Lipinski definition) is 0. The third kappa shape index (κ3) is 7.87. The van der Waals surface area contributed by atoms with Gasteiger partial charge in [-0.3, -0.25) is 0 Å². The molecule has 6 rings (SSSR count). The summed E-state index contributed by atoms with van der Waals surface area (Å²) in [5.41, 5.74) is 6.99. The molecule has 2 saturated carbocycles. The summed E-state index contributed by atoms with van der Waals surface area (Å²) in [7, 11) is 6.15. The van der Waals surface area contributed by atoms with Crippen LogP contribution in [0.15, 0.2) is 121 Å². The molecule has 186 valence electrons. The first-order chi connectivity index (χ1) is 17.7. The molecule has 4 aromatic carbocycles. The van der Waals surface area contributed by atoms with Crippen molar-refractivity contribution < 1.29 is 0 Å². The quantitative estimate of drug-likeness (QED) is 0.241. The molecule has 0 spiro atoms. The number of hydrogen-bond donors (Lipinski definition) is 0. The van der Waals surface area contributed by atoms with E-state index in [0.29, 0.717) is 0 Å². The van der Waals surface area contributed by atoms with E-state index in [2.05, 4.69) is 116 Å². The van der Waals surface area contributed by atoms with Crippen LogP contribution in [0.1, 0.15) is 38.5 Å². The highest BCUT2D eigenvalue weighted by Gasteiger charge is 2.36. The van der Waals surface area contributed by atoms with Gasteiger partial charge in [-0.25, -0.2) is 0 Å². The first-order valence-corrected chi connectivity index (χ1v) is 14.8. The molecule has 2 aliphatic carbocycles. The smallest absolute Gasteiger partial charge is 0.0184 e.